The Hall–Kier alpha value is -4.22. The van der Waals surface area contributed by atoms with Gasteiger partial charge in [0.2, 0.25) is 5.91 Å². The highest BCUT2D eigenvalue weighted by Gasteiger charge is 2.18. The highest BCUT2D eigenvalue weighted by molar-refractivity contribution is 5.99. The number of nitrogens with zero attached hydrogens (tertiary/aromatic N) is 4. The highest BCUT2D eigenvalue weighted by Crippen LogP contribution is 2.18. The molecule has 0 aliphatic heterocycles. The first kappa shape index (κ1) is 23.4. The number of fused-ring (bicyclic) bond motifs is 1. The molecule has 12 heteroatoms. The SMILES string of the molecule is CCOC(=O)c1cc(NC(=O)Cn2cnc3c2c(=O)n(C)c(=O)n3C)cc(C(=O)OCC)c1. The Morgan fingerprint density at radius 3 is 2.06 bits per heavy atom. The van der Waals surface area contributed by atoms with Crippen molar-refractivity contribution in [3.63, 3.8) is 0 Å². The lowest BCUT2D eigenvalue weighted by Crippen LogP contribution is -2.37. The fourth-order valence-corrected chi connectivity index (χ4v) is 3.24. The van der Waals surface area contributed by atoms with Crippen molar-refractivity contribution in [1.29, 1.82) is 0 Å². The fourth-order valence-electron chi connectivity index (χ4n) is 3.24. The minimum atomic E-state index is -0.663. The molecular formula is C21H23N5O7. The van der Waals surface area contributed by atoms with Crippen LogP contribution in [-0.4, -0.2) is 49.7 Å². The number of hydrogen-bond acceptors (Lipinski definition) is 8. The predicted octanol–water partition coefficient (Wildman–Crippen LogP) is 0.426. The summed E-state index contributed by atoms with van der Waals surface area (Å²) in [5, 5.41) is 2.60. The molecule has 2 aromatic heterocycles. The van der Waals surface area contributed by atoms with Crippen molar-refractivity contribution in [3.05, 3.63) is 56.5 Å². The average molecular weight is 457 g/mol. The lowest BCUT2D eigenvalue weighted by atomic mass is 10.1. The number of esters is 2. The van der Waals surface area contributed by atoms with Gasteiger partial charge in [0.05, 0.1) is 30.7 Å². The van der Waals surface area contributed by atoms with Crippen molar-refractivity contribution in [2.75, 3.05) is 18.5 Å². The zero-order valence-electron chi connectivity index (χ0n) is 18.6. The first-order chi connectivity index (χ1) is 15.7. The lowest BCUT2D eigenvalue weighted by Gasteiger charge is -2.11. The van der Waals surface area contributed by atoms with Crippen molar-refractivity contribution in [1.82, 2.24) is 18.7 Å². The van der Waals surface area contributed by atoms with E-state index in [0.29, 0.717) is 0 Å². The standard InChI is InChI=1S/C21H23N5O7/c1-5-32-19(29)12-7-13(20(30)33-6-2)9-14(8-12)23-15(27)10-26-11-22-17-16(26)18(28)25(4)21(31)24(17)3/h7-9,11H,5-6,10H2,1-4H3,(H,23,27). The van der Waals surface area contributed by atoms with Crippen molar-refractivity contribution in [3.8, 4) is 0 Å². The number of carbonyl (C=O) groups is 3. The maximum atomic E-state index is 12.7. The molecule has 0 saturated heterocycles. The van der Waals surface area contributed by atoms with Gasteiger partial charge in [0, 0.05) is 19.8 Å². The molecule has 0 fully saturated rings. The number of ether oxygens (including phenoxy) is 2. The van der Waals surface area contributed by atoms with Gasteiger partial charge in [0.25, 0.3) is 5.56 Å². The summed E-state index contributed by atoms with van der Waals surface area (Å²) >= 11 is 0. The third kappa shape index (κ3) is 4.68. The molecule has 0 atom stereocenters. The fraction of sp³-hybridized carbons (Fsp3) is 0.333. The van der Waals surface area contributed by atoms with E-state index in [9.17, 15) is 24.0 Å². The number of hydrogen-bond donors (Lipinski definition) is 1. The zero-order valence-corrected chi connectivity index (χ0v) is 18.6. The van der Waals surface area contributed by atoms with E-state index in [-0.39, 0.29) is 47.7 Å². The number of aromatic nitrogens is 4. The molecule has 3 aromatic rings. The third-order valence-electron chi connectivity index (χ3n) is 4.77. The van der Waals surface area contributed by atoms with Gasteiger partial charge in [-0.15, -0.1) is 0 Å². The number of aryl methyl sites for hydroxylation is 1. The summed E-state index contributed by atoms with van der Waals surface area (Å²) in [5.74, 6) is -1.88. The van der Waals surface area contributed by atoms with Crippen LogP contribution in [0.25, 0.3) is 11.2 Å². The van der Waals surface area contributed by atoms with E-state index in [1.165, 1.54) is 47.8 Å². The van der Waals surface area contributed by atoms with Crippen LogP contribution < -0.4 is 16.6 Å². The second-order valence-electron chi connectivity index (χ2n) is 7.04. The highest BCUT2D eigenvalue weighted by atomic mass is 16.5. The minimum Gasteiger partial charge on any atom is -0.462 e. The Labute approximate surface area is 187 Å². The third-order valence-corrected chi connectivity index (χ3v) is 4.77. The maximum absolute atomic E-state index is 12.7. The number of amides is 1. The van der Waals surface area contributed by atoms with Gasteiger partial charge in [-0.05, 0) is 32.0 Å². The molecular weight excluding hydrogens is 434 g/mol. The second-order valence-corrected chi connectivity index (χ2v) is 7.04. The van der Waals surface area contributed by atoms with Crippen LogP contribution in [0.1, 0.15) is 34.6 Å². The van der Waals surface area contributed by atoms with Gasteiger partial charge in [-0.2, -0.15) is 0 Å². The van der Waals surface area contributed by atoms with E-state index < -0.39 is 29.1 Å². The van der Waals surface area contributed by atoms with Crippen molar-refractivity contribution < 1.29 is 23.9 Å². The largest absolute Gasteiger partial charge is 0.462 e. The number of nitrogens with one attached hydrogen (secondary N) is 1. The van der Waals surface area contributed by atoms with E-state index in [1.807, 2.05) is 0 Å². The summed E-state index contributed by atoms with van der Waals surface area (Å²) in [5.41, 5.74) is -0.605. The summed E-state index contributed by atoms with van der Waals surface area (Å²) < 4.78 is 13.4. The molecule has 1 aromatic carbocycles. The van der Waals surface area contributed by atoms with Crippen LogP contribution in [0.4, 0.5) is 5.69 Å². The number of anilines is 1. The quantitative estimate of drug-likeness (QED) is 0.503. The zero-order chi connectivity index (χ0) is 24.3. The molecule has 174 valence electrons. The summed E-state index contributed by atoms with van der Waals surface area (Å²) in [4.78, 5) is 65.8. The van der Waals surface area contributed by atoms with E-state index in [0.717, 1.165) is 4.57 Å². The van der Waals surface area contributed by atoms with Gasteiger partial charge in [-0.25, -0.2) is 19.4 Å². The summed E-state index contributed by atoms with van der Waals surface area (Å²) in [7, 11) is 2.80. The molecule has 0 aliphatic rings. The van der Waals surface area contributed by atoms with Crippen molar-refractivity contribution in [2.24, 2.45) is 14.1 Å². The van der Waals surface area contributed by atoms with E-state index in [4.69, 9.17) is 9.47 Å². The molecule has 3 rings (SSSR count). The minimum absolute atomic E-state index is 0.0645. The van der Waals surface area contributed by atoms with E-state index >= 15 is 0 Å². The number of rotatable bonds is 7. The van der Waals surface area contributed by atoms with Gasteiger partial charge in [0.1, 0.15) is 6.54 Å². The molecule has 1 amide bonds. The number of carbonyl (C=O) groups excluding carboxylic acids is 3. The molecule has 0 saturated carbocycles. The van der Waals surface area contributed by atoms with Crippen LogP contribution in [0.5, 0.6) is 0 Å². The molecule has 0 aliphatic carbocycles. The molecule has 0 unspecified atom stereocenters. The Balaban J connectivity index is 1.93. The smallest absolute Gasteiger partial charge is 0.338 e. The van der Waals surface area contributed by atoms with Gasteiger partial charge >= 0.3 is 17.6 Å². The van der Waals surface area contributed by atoms with Crippen LogP contribution in [0, 0.1) is 0 Å². The number of benzene rings is 1. The Morgan fingerprint density at radius 1 is 0.939 bits per heavy atom. The summed E-state index contributed by atoms with van der Waals surface area (Å²) in [6.07, 6.45) is 1.28. The topological polar surface area (TPSA) is 144 Å². The van der Waals surface area contributed by atoms with Gasteiger partial charge in [-0.3, -0.25) is 18.7 Å². The van der Waals surface area contributed by atoms with Gasteiger partial charge < -0.3 is 19.4 Å². The van der Waals surface area contributed by atoms with Crippen LogP contribution in [0.15, 0.2) is 34.1 Å². The molecule has 1 N–H and O–H groups in total. The van der Waals surface area contributed by atoms with Crippen LogP contribution in [-0.2, 0) is 34.9 Å². The molecule has 0 spiro atoms. The monoisotopic (exact) mass is 457 g/mol. The van der Waals surface area contributed by atoms with Gasteiger partial charge in [-0.1, -0.05) is 0 Å². The summed E-state index contributed by atoms with van der Waals surface area (Å²) in [6.45, 7) is 3.25. The normalized spacial score (nSPS) is 10.8. The molecule has 33 heavy (non-hydrogen) atoms. The molecule has 12 nitrogen and oxygen atoms in total. The first-order valence-electron chi connectivity index (χ1n) is 10.1. The van der Waals surface area contributed by atoms with Crippen LogP contribution in [0.3, 0.4) is 0 Å². The average Bonchev–Trinajstić information content (AvgIpc) is 3.19. The molecule has 2 heterocycles. The van der Waals surface area contributed by atoms with Crippen LogP contribution >= 0.6 is 0 Å². The van der Waals surface area contributed by atoms with Crippen molar-refractivity contribution >= 4 is 34.7 Å². The predicted molar refractivity (Wildman–Crippen MR) is 117 cm³/mol. The van der Waals surface area contributed by atoms with Crippen molar-refractivity contribution in [2.45, 2.75) is 20.4 Å². The van der Waals surface area contributed by atoms with E-state index in [2.05, 4.69) is 10.3 Å². The van der Waals surface area contributed by atoms with Gasteiger partial charge in [0.15, 0.2) is 11.2 Å². The number of imidazole rings is 1. The molecule has 0 radical (unpaired) electrons. The lowest BCUT2D eigenvalue weighted by molar-refractivity contribution is -0.116. The molecule has 0 bridgehead atoms. The Kier molecular flexibility index (Phi) is 6.75. The summed E-state index contributed by atoms with van der Waals surface area (Å²) in [6, 6.07) is 4.06. The maximum Gasteiger partial charge on any atom is 0.338 e. The second kappa shape index (κ2) is 9.51. The first-order valence-corrected chi connectivity index (χ1v) is 10.1. The van der Waals surface area contributed by atoms with Crippen LogP contribution in [0.2, 0.25) is 0 Å². The Bertz CT molecular complexity index is 1330. The Morgan fingerprint density at radius 2 is 1.52 bits per heavy atom. The van der Waals surface area contributed by atoms with E-state index in [1.54, 1.807) is 13.8 Å².